The second-order valence-electron chi connectivity index (χ2n) is 1.50. The Morgan fingerprint density at radius 2 is 2.09 bits per heavy atom. The van der Waals surface area contributed by atoms with Crippen molar-refractivity contribution in [2.75, 3.05) is 14.2 Å². The fraction of sp³-hybridized carbons (Fsp3) is 0.500. The van der Waals surface area contributed by atoms with Crippen LogP contribution in [0.15, 0.2) is 11.8 Å². The number of rotatable bonds is 3. The summed E-state index contributed by atoms with van der Waals surface area (Å²) in [6, 6.07) is 1.71. The summed E-state index contributed by atoms with van der Waals surface area (Å²) in [5, 5.41) is 16.7. The van der Waals surface area contributed by atoms with Gasteiger partial charge in [0.05, 0.1) is 6.26 Å². The molecule has 0 aliphatic heterocycles. The first kappa shape index (κ1) is 13.5. The van der Waals surface area contributed by atoms with Crippen LogP contribution in [0.3, 0.4) is 0 Å². The molecule has 0 unspecified atom stereocenters. The average molecular weight is 167 g/mol. The number of aliphatic hydroxyl groups is 1. The van der Waals surface area contributed by atoms with Gasteiger partial charge in [0.15, 0.2) is 6.29 Å². The van der Waals surface area contributed by atoms with Crippen molar-refractivity contribution in [3.05, 3.63) is 11.8 Å². The quantitative estimate of drug-likeness (QED) is 0.222. The third kappa shape index (κ3) is 4.40. The average Bonchev–Trinajstić information content (AvgIpc) is 2.00. The molecular formula is C6H10NNaO3. The van der Waals surface area contributed by atoms with Gasteiger partial charge in [-0.05, 0) is 0 Å². The molecular weight excluding hydrogens is 157 g/mol. The van der Waals surface area contributed by atoms with Gasteiger partial charge in [-0.25, -0.2) is 0 Å². The van der Waals surface area contributed by atoms with Crippen LogP contribution >= 0.6 is 0 Å². The van der Waals surface area contributed by atoms with Crippen molar-refractivity contribution in [2.45, 2.75) is 6.29 Å². The number of nitriles is 1. The van der Waals surface area contributed by atoms with Crippen molar-refractivity contribution < 1.29 is 45.6 Å². The molecule has 0 aliphatic carbocycles. The molecule has 0 aromatic carbocycles. The second-order valence-corrected chi connectivity index (χ2v) is 1.50. The maximum absolute atomic E-state index is 8.41. The third-order valence-electron chi connectivity index (χ3n) is 0.950. The minimum absolute atomic E-state index is 0. The maximum atomic E-state index is 8.41. The van der Waals surface area contributed by atoms with E-state index in [1.54, 1.807) is 6.07 Å². The van der Waals surface area contributed by atoms with Gasteiger partial charge in [0.25, 0.3) is 0 Å². The Labute approximate surface area is 89.2 Å². The van der Waals surface area contributed by atoms with Crippen LogP contribution in [0.4, 0.5) is 0 Å². The Balaban J connectivity index is -0.000000405. The Hall–Kier alpha value is -0.0500. The van der Waals surface area contributed by atoms with E-state index in [4.69, 9.17) is 10.4 Å². The normalized spacial score (nSPS) is 10.5. The van der Waals surface area contributed by atoms with Gasteiger partial charge in [-0.15, -0.1) is 0 Å². The van der Waals surface area contributed by atoms with Gasteiger partial charge in [-0.2, -0.15) is 5.26 Å². The van der Waals surface area contributed by atoms with E-state index in [0.29, 0.717) is 6.26 Å². The van der Waals surface area contributed by atoms with E-state index in [1.165, 1.54) is 14.2 Å². The van der Waals surface area contributed by atoms with Crippen molar-refractivity contribution in [3.63, 3.8) is 0 Å². The third-order valence-corrected chi connectivity index (χ3v) is 0.950. The van der Waals surface area contributed by atoms with Crippen molar-refractivity contribution in [2.24, 2.45) is 0 Å². The molecule has 0 saturated heterocycles. The SMILES string of the molecule is COC(OC)/C(C#N)=C\O.[H-].[Na+]. The molecule has 0 radical (unpaired) electrons. The number of nitrogens with zero attached hydrogens (tertiary/aromatic N) is 1. The predicted octanol–water partition coefficient (Wildman–Crippen LogP) is -2.31. The zero-order valence-electron chi connectivity index (χ0n) is 7.87. The van der Waals surface area contributed by atoms with Crippen LogP contribution < -0.4 is 29.6 Å². The molecule has 0 aromatic rings. The molecule has 0 rings (SSSR count). The van der Waals surface area contributed by atoms with Crippen molar-refractivity contribution in [1.82, 2.24) is 0 Å². The first-order valence-electron chi connectivity index (χ1n) is 2.60. The molecule has 1 N–H and O–H groups in total. The Kier molecular flexibility index (Phi) is 9.90. The van der Waals surface area contributed by atoms with Gasteiger partial charge < -0.3 is 16.0 Å². The summed E-state index contributed by atoms with van der Waals surface area (Å²) in [7, 11) is 2.77. The number of methoxy groups -OCH3 is 2. The van der Waals surface area contributed by atoms with Gasteiger partial charge in [-0.3, -0.25) is 0 Å². The van der Waals surface area contributed by atoms with Gasteiger partial charge in [0, 0.05) is 14.2 Å². The number of hydrogen-bond donors (Lipinski definition) is 1. The molecule has 0 amide bonds. The first-order chi connectivity index (χ1) is 4.79. The summed E-state index contributed by atoms with van der Waals surface area (Å²) in [6.45, 7) is 0. The molecule has 4 nitrogen and oxygen atoms in total. The molecule has 0 fully saturated rings. The summed E-state index contributed by atoms with van der Waals surface area (Å²) >= 11 is 0. The van der Waals surface area contributed by atoms with Crippen LogP contribution in [0.25, 0.3) is 0 Å². The van der Waals surface area contributed by atoms with Crippen molar-refractivity contribution >= 4 is 0 Å². The van der Waals surface area contributed by atoms with Gasteiger partial charge in [0.1, 0.15) is 11.6 Å². The van der Waals surface area contributed by atoms with Crippen LogP contribution in [0, 0.1) is 11.3 Å². The van der Waals surface area contributed by atoms with Crippen LogP contribution in [-0.2, 0) is 9.47 Å². The standard InChI is InChI=1S/C6H9NO3.Na.H/c1-9-6(10-2)5(3-7)4-8;;/h4,6,8H,1-2H3;;/q;+1;-1/b5-4-;;. The summed E-state index contributed by atoms with van der Waals surface area (Å²) in [5.41, 5.74) is 0.0463. The summed E-state index contributed by atoms with van der Waals surface area (Å²) in [5.74, 6) is 0. The van der Waals surface area contributed by atoms with Gasteiger partial charge in [-0.1, -0.05) is 0 Å². The summed E-state index contributed by atoms with van der Waals surface area (Å²) in [4.78, 5) is 0. The molecule has 58 valence electrons. The van der Waals surface area contributed by atoms with E-state index in [1.807, 2.05) is 0 Å². The molecule has 0 saturated carbocycles. The number of ether oxygens (including phenoxy) is 2. The minimum atomic E-state index is -0.769. The molecule has 0 atom stereocenters. The molecule has 0 bridgehead atoms. The van der Waals surface area contributed by atoms with Crippen molar-refractivity contribution in [3.8, 4) is 6.07 Å². The van der Waals surface area contributed by atoms with E-state index in [0.717, 1.165) is 0 Å². The number of aliphatic hydroxyl groups excluding tert-OH is 1. The molecule has 0 aromatic heterocycles. The molecule has 11 heavy (non-hydrogen) atoms. The fourth-order valence-electron chi connectivity index (χ4n) is 0.493. The minimum Gasteiger partial charge on any atom is -1.00 e. The van der Waals surface area contributed by atoms with Crippen molar-refractivity contribution in [1.29, 1.82) is 5.26 Å². The van der Waals surface area contributed by atoms with Gasteiger partial charge >= 0.3 is 29.6 Å². The number of hydrogen-bond acceptors (Lipinski definition) is 4. The smallest absolute Gasteiger partial charge is 1.00 e. The first-order valence-corrected chi connectivity index (χ1v) is 2.60. The monoisotopic (exact) mass is 167 g/mol. The van der Waals surface area contributed by atoms with Crippen LogP contribution in [0.1, 0.15) is 1.43 Å². The van der Waals surface area contributed by atoms with E-state index >= 15 is 0 Å². The topological polar surface area (TPSA) is 62.5 Å². The van der Waals surface area contributed by atoms with Gasteiger partial charge in [0.2, 0.25) is 0 Å². The molecule has 0 spiro atoms. The van der Waals surface area contributed by atoms with E-state index in [-0.39, 0.29) is 36.6 Å². The van der Waals surface area contributed by atoms with E-state index < -0.39 is 6.29 Å². The van der Waals surface area contributed by atoms with E-state index in [9.17, 15) is 0 Å². The van der Waals surface area contributed by atoms with Crippen LogP contribution in [-0.4, -0.2) is 25.6 Å². The molecule has 0 aliphatic rings. The second kappa shape index (κ2) is 8.05. The fourth-order valence-corrected chi connectivity index (χ4v) is 0.493. The van der Waals surface area contributed by atoms with Crippen LogP contribution in [0.2, 0.25) is 0 Å². The predicted molar refractivity (Wildman–Crippen MR) is 35.2 cm³/mol. The molecule has 5 heteroatoms. The zero-order valence-corrected chi connectivity index (χ0v) is 8.87. The summed E-state index contributed by atoms with van der Waals surface area (Å²) in [6.07, 6.45) is -0.104. The van der Waals surface area contributed by atoms with E-state index in [2.05, 4.69) is 9.47 Å². The zero-order chi connectivity index (χ0) is 7.98. The summed E-state index contributed by atoms with van der Waals surface area (Å²) < 4.78 is 9.34. The Morgan fingerprint density at radius 1 is 1.64 bits per heavy atom. The largest absolute Gasteiger partial charge is 1.00 e. The molecule has 0 heterocycles. The maximum Gasteiger partial charge on any atom is 1.00 e. The Morgan fingerprint density at radius 3 is 2.18 bits per heavy atom. The Bertz CT molecular complexity index is 165. The van der Waals surface area contributed by atoms with Crippen LogP contribution in [0.5, 0.6) is 0 Å².